The first-order valence-corrected chi connectivity index (χ1v) is 7.54. The number of nitrogens with one attached hydrogen (secondary N) is 1. The van der Waals surface area contributed by atoms with Gasteiger partial charge in [-0.05, 0) is 26.0 Å². The molecule has 1 rings (SSSR count). The van der Waals surface area contributed by atoms with E-state index in [9.17, 15) is 9.59 Å². The highest BCUT2D eigenvalue weighted by molar-refractivity contribution is 8.01. The summed E-state index contributed by atoms with van der Waals surface area (Å²) in [7, 11) is 1.54. The van der Waals surface area contributed by atoms with Crippen molar-refractivity contribution < 1.29 is 19.1 Å². The molecular weight excluding hydrogens is 292 g/mol. The van der Waals surface area contributed by atoms with Gasteiger partial charge in [0.15, 0.2) is 0 Å². The van der Waals surface area contributed by atoms with Gasteiger partial charge in [-0.2, -0.15) is 0 Å². The van der Waals surface area contributed by atoms with Gasteiger partial charge in [0.2, 0.25) is 5.91 Å². The first-order chi connectivity index (χ1) is 9.97. The normalized spacial score (nSPS) is 11.6. The summed E-state index contributed by atoms with van der Waals surface area (Å²) in [4.78, 5) is 23.3. The summed E-state index contributed by atoms with van der Waals surface area (Å²) in [5, 5.41) is 2.33. The highest BCUT2D eigenvalue weighted by Gasteiger charge is 2.16. The SMILES string of the molecule is CCOC(=O)CSC(C)C(=O)Nc1ccc(OC)cc1N. The first kappa shape index (κ1) is 17.2. The zero-order valence-corrected chi connectivity index (χ0v) is 13.2. The molecule has 7 heteroatoms. The average molecular weight is 312 g/mol. The van der Waals surface area contributed by atoms with Gasteiger partial charge in [-0.3, -0.25) is 9.59 Å². The summed E-state index contributed by atoms with van der Waals surface area (Å²) in [6.45, 7) is 3.80. The Morgan fingerprint density at radius 2 is 2.14 bits per heavy atom. The maximum absolute atomic E-state index is 12.0. The van der Waals surface area contributed by atoms with Gasteiger partial charge in [-0.1, -0.05) is 0 Å². The van der Waals surface area contributed by atoms with Gasteiger partial charge < -0.3 is 20.5 Å². The lowest BCUT2D eigenvalue weighted by Gasteiger charge is -2.13. The Hall–Kier alpha value is -1.89. The Bertz CT molecular complexity index is 508. The second-order valence-electron chi connectivity index (χ2n) is 4.20. The molecule has 0 radical (unpaired) electrons. The van der Waals surface area contributed by atoms with Gasteiger partial charge >= 0.3 is 5.97 Å². The van der Waals surface area contributed by atoms with E-state index in [-0.39, 0.29) is 17.6 Å². The number of rotatable bonds is 7. The molecule has 0 spiro atoms. The van der Waals surface area contributed by atoms with Crippen molar-refractivity contribution in [1.82, 2.24) is 0 Å². The van der Waals surface area contributed by atoms with Crippen LogP contribution in [0, 0.1) is 0 Å². The predicted octanol–water partition coefficient (Wildman–Crippen LogP) is 1.90. The third-order valence-electron chi connectivity index (χ3n) is 2.64. The van der Waals surface area contributed by atoms with Gasteiger partial charge in [-0.15, -0.1) is 11.8 Å². The summed E-state index contributed by atoms with van der Waals surface area (Å²) < 4.78 is 9.85. The molecule has 21 heavy (non-hydrogen) atoms. The lowest BCUT2D eigenvalue weighted by molar-refractivity contribution is -0.139. The lowest BCUT2D eigenvalue weighted by Crippen LogP contribution is -2.24. The predicted molar refractivity (Wildman–Crippen MR) is 84.6 cm³/mol. The quantitative estimate of drug-likeness (QED) is 0.590. The maximum Gasteiger partial charge on any atom is 0.315 e. The van der Waals surface area contributed by atoms with E-state index in [1.807, 2.05) is 0 Å². The van der Waals surface area contributed by atoms with Gasteiger partial charge in [0.25, 0.3) is 0 Å². The molecule has 0 fully saturated rings. The Kier molecular flexibility index (Phi) is 6.87. The number of thioether (sulfide) groups is 1. The molecule has 0 aliphatic carbocycles. The lowest BCUT2D eigenvalue weighted by atomic mass is 10.2. The number of ether oxygens (including phenoxy) is 2. The number of nitrogens with two attached hydrogens (primary N) is 1. The van der Waals surface area contributed by atoms with Crippen LogP contribution >= 0.6 is 11.8 Å². The number of carbonyl (C=O) groups excluding carboxylic acids is 2. The van der Waals surface area contributed by atoms with E-state index in [0.717, 1.165) is 0 Å². The Morgan fingerprint density at radius 3 is 2.71 bits per heavy atom. The van der Waals surface area contributed by atoms with E-state index in [4.69, 9.17) is 15.2 Å². The molecule has 0 aliphatic rings. The van der Waals surface area contributed by atoms with Crippen LogP contribution in [0.4, 0.5) is 11.4 Å². The van der Waals surface area contributed by atoms with Crippen molar-refractivity contribution in [1.29, 1.82) is 0 Å². The molecule has 0 bridgehead atoms. The number of benzene rings is 1. The number of methoxy groups -OCH3 is 1. The molecule has 0 aromatic heterocycles. The summed E-state index contributed by atoms with van der Waals surface area (Å²) >= 11 is 1.21. The van der Waals surface area contributed by atoms with Crippen LogP contribution in [-0.2, 0) is 14.3 Å². The highest BCUT2D eigenvalue weighted by Crippen LogP contribution is 2.25. The first-order valence-electron chi connectivity index (χ1n) is 6.49. The average Bonchev–Trinajstić information content (AvgIpc) is 2.47. The molecule has 6 nitrogen and oxygen atoms in total. The number of nitrogen functional groups attached to an aromatic ring is 1. The van der Waals surface area contributed by atoms with Crippen LogP contribution in [0.25, 0.3) is 0 Å². The van der Waals surface area contributed by atoms with Crippen molar-refractivity contribution in [2.45, 2.75) is 19.1 Å². The smallest absolute Gasteiger partial charge is 0.315 e. The van der Waals surface area contributed by atoms with Crippen molar-refractivity contribution >= 4 is 35.0 Å². The number of hydrogen-bond donors (Lipinski definition) is 2. The van der Waals surface area contributed by atoms with Crippen LogP contribution in [0.2, 0.25) is 0 Å². The van der Waals surface area contributed by atoms with Gasteiger partial charge in [0.05, 0.1) is 36.1 Å². The van der Waals surface area contributed by atoms with Crippen molar-refractivity contribution in [2.75, 3.05) is 30.5 Å². The second-order valence-corrected chi connectivity index (χ2v) is 5.53. The van der Waals surface area contributed by atoms with Crippen molar-refractivity contribution in [2.24, 2.45) is 0 Å². The van der Waals surface area contributed by atoms with E-state index >= 15 is 0 Å². The van der Waals surface area contributed by atoms with Crippen LogP contribution in [0.1, 0.15) is 13.8 Å². The number of hydrogen-bond acceptors (Lipinski definition) is 6. The summed E-state index contributed by atoms with van der Waals surface area (Å²) in [6.07, 6.45) is 0. The van der Waals surface area contributed by atoms with E-state index in [2.05, 4.69) is 5.32 Å². The van der Waals surface area contributed by atoms with Crippen molar-refractivity contribution in [3.63, 3.8) is 0 Å². The second kappa shape index (κ2) is 8.41. The van der Waals surface area contributed by atoms with Gasteiger partial charge in [-0.25, -0.2) is 0 Å². The Labute approximate surface area is 128 Å². The third kappa shape index (κ3) is 5.55. The molecule has 116 valence electrons. The number of anilines is 2. The Balaban J connectivity index is 2.54. The summed E-state index contributed by atoms with van der Waals surface area (Å²) in [6, 6.07) is 5.02. The molecule has 0 saturated carbocycles. The van der Waals surface area contributed by atoms with Crippen molar-refractivity contribution in [3.05, 3.63) is 18.2 Å². The largest absolute Gasteiger partial charge is 0.497 e. The number of esters is 1. The summed E-state index contributed by atoms with van der Waals surface area (Å²) in [5.74, 6) is 0.211. The van der Waals surface area contributed by atoms with Crippen LogP contribution in [-0.4, -0.2) is 36.6 Å². The Morgan fingerprint density at radius 1 is 1.43 bits per heavy atom. The molecular formula is C14H20N2O4S. The van der Waals surface area contributed by atoms with E-state index in [1.165, 1.54) is 11.8 Å². The third-order valence-corrected chi connectivity index (χ3v) is 3.76. The maximum atomic E-state index is 12.0. The molecule has 0 heterocycles. The molecule has 0 saturated heterocycles. The van der Waals surface area contributed by atoms with E-state index < -0.39 is 5.25 Å². The fraction of sp³-hybridized carbons (Fsp3) is 0.429. The summed E-state index contributed by atoms with van der Waals surface area (Å²) in [5.41, 5.74) is 6.77. The molecule has 0 aliphatic heterocycles. The standard InChI is InChI=1S/C14H20N2O4S/c1-4-20-13(17)8-21-9(2)14(18)16-12-6-5-10(19-3)7-11(12)15/h5-7,9H,4,8,15H2,1-3H3,(H,16,18). The minimum Gasteiger partial charge on any atom is -0.497 e. The molecule has 3 N–H and O–H groups in total. The topological polar surface area (TPSA) is 90.7 Å². The highest BCUT2D eigenvalue weighted by atomic mass is 32.2. The zero-order valence-electron chi connectivity index (χ0n) is 12.3. The van der Waals surface area contributed by atoms with Crippen molar-refractivity contribution in [3.8, 4) is 5.75 Å². The molecule has 1 amide bonds. The number of carbonyl (C=O) groups is 2. The van der Waals surface area contributed by atoms with Crippen LogP contribution in [0.15, 0.2) is 18.2 Å². The minimum absolute atomic E-state index is 0.139. The fourth-order valence-electron chi connectivity index (χ4n) is 1.49. The van der Waals surface area contributed by atoms with Gasteiger partial charge in [0, 0.05) is 6.07 Å². The van der Waals surface area contributed by atoms with Crippen LogP contribution in [0.5, 0.6) is 5.75 Å². The minimum atomic E-state index is -0.393. The number of amides is 1. The van der Waals surface area contributed by atoms with Gasteiger partial charge in [0.1, 0.15) is 5.75 Å². The van der Waals surface area contributed by atoms with Crippen LogP contribution < -0.4 is 15.8 Å². The van der Waals surface area contributed by atoms with E-state index in [0.29, 0.717) is 23.7 Å². The molecule has 1 unspecified atom stereocenters. The molecule has 1 aromatic carbocycles. The fourth-order valence-corrected chi connectivity index (χ4v) is 2.17. The molecule has 1 aromatic rings. The molecule has 1 atom stereocenters. The van der Waals surface area contributed by atoms with Crippen LogP contribution in [0.3, 0.4) is 0 Å². The monoisotopic (exact) mass is 312 g/mol. The van der Waals surface area contributed by atoms with E-state index in [1.54, 1.807) is 39.2 Å². The zero-order chi connectivity index (χ0) is 15.8.